The summed E-state index contributed by atoms with van der Waals surface area (Å²) >= 11 is 0. The number of nitrogens with one attached hydrogen (secondary N) is 1. The zero-order valence-corrected chi connectivity index (χ0v) is 18.5. The average molecular weight is 402 g/mol. The van der Waals surface area contributed by atoms with Crippen LogP contribution in [0.5, 0.6) is 0 Å². The summed E-state index contributed by atoms with van der Waals surface area (Å²) in [6.45, 7) is 7.05. The van der Waals surface area contributed by atoms with Gasteiger partial charge in [0, 0.05) is 30.9 Å². The Morgan fingerprint density at radius 2 is 1.57 bits per heavy atom. The maximum absolute atomic E-state index is 3.96. The van der Waals surface area contributed by atoms with Crippen LogP contribution >= 0.6 is 0 Å². The fourth-order valence-corrected chi connectivity index (χ4v) is 5.42. The lowest BCUT2D eigenvalue weighted by Gasteiger charge is -2.38. The molecule has 2 aliphatic heterocycles. The molecule has 3 aliphatic rings. The Morgan fingerprint density at radius 3 is 2.30 bits per heavy atom. The zero-order chi connectivity index (χ0) is 20.5. The summed E-state index contributed by atoms with van der Waals surface area (Å²) < 4.78 is 0. The molecule has 0 unspecified atom stereocenters. The number of nitrogens with zero attached hydrogens (tertiary/aromatic N) is 2. The van der Waals surface area contributed by atoms with E-state index < -0.39 is 0 Å². The summed E-state index contributed by atoms with van der Waals surface area (Å²) in [7, 11) is 2.24. The summed E-state index contributed by atoms with van der Waals surface area (Å²) in [6.07, 6.45) is 8.56. The van der Waals surface area contributed by atoms with Crippen LogP contribution in [-0.4, -0.2) is 50.2 Å². The third kappa shape index (κ3) is 4.19. The highest BCUT2D eigenvalue weighted by atomic mass is 15.2. The standard InChI is InChI=1S/C27H35N3/c1-20-7-8-26(19-27(20)23-17-21-5-3-4-6-22(21)18-23)30-15-11-25(12-16-30)28-24-9-13-29(2)14-10-24/h3-8,17,19,24-25,28H,9-16,18H2,1-2H3. The van der Waals surface area contributed by atoms with Gasteiger partial charge in [-0.15, -0.1) is 0 Å². The molecular weight excluding hydrogens is 366 g/mol. The summed E-state index contributed by atoms with van der Waals surface area (Å²) in [4.78, 5) is 5.05. The van der Waals surface area contributed by atoms with Crippen molar-refractivity contribution in [2.24, 2.45) is 0 Å². The van der Waals surface area contributed by atoms with E-state index in [1.54, 1.807) is 0 Å². The molecule has 2 aromatic rings. The van der Waals surface area contributed by atoms with Gasteiger partial charge < -0.3 is 15.1 Å². The lowest BCUT2D eigenvalue weighted by atomic mass is 9.96. The average Bonchev–Trinajstić information content (AvgIpc) is 3.20. The van der Waals surface area contributed by atoms with Crippen LogP contribution in [0.1, 0.15) is 47.9 Å². The molecule has 0 radical (unpaired) electrons. The van der Waals surface area contributed by atoms with Crippen LogP contribution in [0, 0.1) is 6.92 Å². The minimum absolute atomic E-state index is 0.687. The molecule has 158 valence electrons. The third-order valence-electron chi connectivity index (χ3n) is 7.38. The summed E-state index contributed by atoms with van der Waals surface area (Å²) in [5.74, 6) is 0. The van der Waals surface area contributed by atoms with E-state index in [1.165, 1.54) is 72.3 Å². The van der Waals surface area contributed by atoms with Crippen molar-refractivity contribution in [2.45, 2.75) is 51.1 Å². The van der Waals surface area contributed by atoms with Crippen molar-refractivity contribution in [1.29, 1.82) is 0 Å². The van der Waals surface area contributed by atoms with E-state index in [1.807, 2.05) is 0 Å². The number of hydrogen-bond donors (Lipinski definition) is 1. The minimum atomic E-state index is 0.687. The van der Waals surface area contributed by atoms with Gasteiger partial charge in [-0.1, -0.05) is 36.4 Å². The van der Waals surface area contributed by atoms with Crippen molar-refractivity contribution < 1.29 is 0 Å². The first-order valence-electron chi connectivity index (χ1n) is 11.7. The van der Waals surface area contributed by atoms with Crippen LogP contribution < -0.4 is 10.2 Å². The number of fused-ring (bicyclic) bond motifs is 1. The highest BCUT2D eigenvalue weighted by molar-refractivity contribution is 5.90. The first kappa shape index (κ1) is 19.8. The first-order valence-corrected chi connectivity index (χ1v) is 11.7. The lowest BCUT2D eigenvalue weighted by molar-refractivity contribution is 0.217. The molecule has 3 nitrogen and oxygen atoms in total. The van der Waals surface area contributed by atoms with Gasteiger partial charge >= 0.3 is 0 Å². The van der Waals surface area contributed by atoms with Gasteiger partial charge in [-0.05, 0) is 99.1 Å². The fourth-order valence-electron chi connectivity index (χ4n) is 5.42. The van der Waals surface area contributed by atoms with Crippen LogP contribution in [0.15, 0.2) is 42.5 Å². The first-order chi connectivity index (χ1) is 14.7. The molecule has 0 amide bonds. The highest BCUT2D eigenvalue weighted by Gasteiger charge is 2.24. The molecule has 30 heavy (non-hydrogen) atoms. The van der Waals surface area contributed by atoms with E-state index in [0.29, 0.717) is 6.04 Å². The molecule has 0 atom stereocenters. The van der Waals surface area contributed by atoms with E-state index in [9.17, 15) is 0 Å². The Balaban J connectivity index is 1.23. The second-order valence-corrected chi connectivity index (χ2v) is 9.55. The SMILES string of the molecule is Cc1ccc(N2CCC(NC3CCN(C)CC3)CC2)cc1C1=Cc2ccccc2C1. The molecule has 1 N–H and O–H groups in total. The molecule has 0 saturated carbocycles. The molecular formula is C27H35N3. The normalized spacial score (nSPS) is 21.0. The fraction of sp³-hybridized carbons (Fsp3) is 0.481. The van der Waals surface area contributed by atoms with Crippen molar-refractivity contribution in [2.75, 3.05) is 38.1 Å². The minimum Gasteiger partial charge on any atom is -0.371 e. The Morgan fingerprint density at radius 1 is 0.867 bits per heavy atom. The molecule has 2 saturated heterocycles. The topological polar surface area (TPSA) is 18.5 Å². The second kappa shape index (κ2) is 8.56. The number of allylic oxidation sites excluding steroid dienone is 1. The molecule has 2 aromatic carbocycles. The summed E-state index contributed by atoms with van der Waals surface area (Å²) in [5.41, 5.74) is 8.52. The molecule has 2 heterocycles. The number of aryl methyl sites for hydroxylation is 1. The maximum Gasteiger partial charge on any atom is 0.0372 e. The van der Waals surface area contributed by atoms with Gasteiger partial charge in [0.2, 0.25) is 0 Å². The molecule has 1 aliphatic carbocycles. The largest absolute Gasteiger partial charge is 0.371 e. The summed E-state index contributed by atoms with van der Waals surface area (Å²) in [5, 5.41) is 3.96. The van der Waals surface area contributed by atoms with Gasteiger partial charge in [0.05, 0.1) is 0 Å². The summed E-state index contributed by atoms with van der Waals surface area (Å²) in [6, 6.07) is 17.3. The zero-order valence-electron chi connectivity index (χ0n) is 18.5. The Hall–Kier alpha value is -2.10. The van der Waals surface area contributed by atoms with Gasteiger partial charge in [0.25, 0.3) is 0 Å². The molecule has 0 aromatic heterocycles. The van der Waals surface area contributed by atoms with Crippen molar-refractivity contribution >= 4 is 17.3 Å². The smallest absolute Gasteiger partial charge is 0.0372 e. The van der Waals surface area contributed by atoms with Crippen molar-refractivity contribution in [3.8, 4) is 0 Å². The van der Waals surface area contributed by atoms with Crippen LogP contribution in [0.25, 0.3) is 11.6 Å². The number of anilines is 1. The van der Waals surface area contributed by atoms with E-state index in [0.717, 1.165) is 25.6 Å². The van der Waals surface area contributed by atoms with Crippen LogP contribution in [0.2, 0.25) is 0 Å². The van der Waals surface area contributed by atoms with E-state index in [2.05, 4.69) is 77.6 Å². The van der Waals surface area contributed by atoms with Gasteiger partial charge in [-0.25, -0.2) is 0 Å². The second-order valence-electron chi connectivity index (χ2n) is 9.55. The van der Waals surface area contributed by atoms with Crippen molar-refractivity contribution in [3.63, 3.8) is 0 Å². The number of piperidine rings is 2. The maximum atomic E-state index is 3.96. The van der Waals surface area contributed by atoms with Crippen LogP contribution in [0.4, 0.5) is 5.69 Å². The van der Waals surface area contributed by atoms with Crippen molar-refractivity contribution in [3.05, 3.63) is 64.7 Å². The van der Waals surface area contributed by atoms with Crippen molar-refractivity contribution in [1.82, 2.24) is 10.2 Å². The van der Waals surface area contributed by atoms with Gasteiger partial charge in [0.1, 0.15) is 0 Å². The molecule has 2 fully saturated rings. The van der Waals surface area contributed by atoms with E-state index >= 15 is 0 Å². The Kier molecular flexibility index (Phi) is 5.66. The Bertz CT molecular complexity index is 915. The van der Waals surface area contributed by atoms with Crippen LogP contribution in [-0.2, 0) is 6.42 Å². The third-order valence-corrected chi connectivity index (χ3v) is 7.38. The number of rotatable bonds is 4. The highest BCUT2D eigenvalue weighted by Crippen LogP contribution is 2.35. The number of benzene rings is 2. The van der Waals surface area contributed by atoms with E-state index in [-0.39, 0.29) is 0 Å². The lowest BCUT2D eigenvalue weighted by Crippen LogP contribution is -2.49. The molecule has 0 spiro atoms. The quantitative estimate of drug-likeness (QED) is 0.798. The van der Waals surface area contributed by atoms with Crippen LogP contribution in [0.3, 0.4) is 0 Å². The monoisotopic (exact) mass is 401 g/mol. The Labute approximate surface area is 181 Å². The predicted molar refractivity (Wildman–Crippen MR) is 128 cm³/mol. The molecule has 5 rings (SSSR count). The van der Waals surface area contributed by atoms with Gasteiger partial charge in [0.15, 0.2) is 0 Å². The molecule has 0 bridgehead atoms. The predicted octanol–water partition coefficient (Wildman–Crippen LogP) is 4.74. The van der Waals surface area contributed by atoms with E-state index in [4.69, 9.17) is 0 Å². The van der Waals surface area contributed by atoms with Gasteiger partial charge in [-0.2, -0.15) is 0 Å². The number of likely N-dealkylation sites (tertiary alicyclic amines) is 1. The number of hydrogen-bond acceptors (Lipinski definition) is 3. The van der Waals surface area contributed by atoms with Gasteiger partial charge in [-0.3, -0.25) is 0 Å². The molecule has 3 heteroatoms.